The van der Waals surface area contributed by atoms with Crippen LogP contribution in [0.4, 0.5) is 0 Å². The molecule has 1 aromatic carbocycles. The van der Waals surface area contributed by atoms with Gasteiger partial charge in [-0.15, -0.1) is 0 Å². The van der Waals surface area contributed by atoms with E-state index in [2.05, 4.69) is 32.9 Å². The monoisotopic (exact) mass is 366 g/mol. The van der Waals surface area contributed by atoms with Crippen LogP contribution >= 0.6 is 0 Å². The minimum Gasteiger partial charge on any atom is -0.396 e. The highest BCUT2D eigenvalue weighted by Gasteiger charge is 2.39. The van der Waals surface area contributed by atoms with E-state index in [9.17, 15) is 9.90 Å². The summed E-state index contributed by atoms with van der Waals surface area (Å²) < 4.78 is 0. The maximum Gasteiger partial charge on any atom is 0.254 e. The molecule has 4 rings (SSSR count). The third kappa shape index (κ3) is 3.36. The molecule has 1 unspecified atom stereocenters. The zero-order valence-electron chi connectivity index (χ0n) is 16.7. The Labute approximate surface area is 161 Å². The molecule has 4 heteroatoms. The number of fused-ring (bicyclic) bond motifs is 1. The standard InChI is InChI=1S/C23H30N2O2/c1-4-7-23(14-26)8-9-25(13-23)22(27)18-12-19(17-5-6-17)24-20-11-15(2)10-16(3)21(18)20/h10-12,17,26H,4-9,13-14H2,1-3H3. The Balaban J connectivity index is 1.75. The molecule has 1 aliphatic heterocycles. The minimum absolute atomic E-state index is 0.0997. The lowest BCUT2D eigenvalue weighted by atomic mass is 9.83. The van der Waals surface area contributed by atoms with Crippen molar-refractivity contribution < 1.29 is 9.90 Å². The first kappa shape index (κ1) is 18.4. The predicted molar refractivity (Wildman–Crippen MR) is 108 cm³/mol. The summed E-state index contributed by atoms with van der Waals surface area (Å²) in [6.45, 7) is 7.85. The van der Waals surface area contributed by atoms with Gasteiger partial charge in [-0.25, -0.2) is 0 Å². The fourth-order valence-corrected chi connectivity index (χ4v) is 4.75. The summed E-state index contributed by atoms with van der Waals surface area (Å²) >= 11 is 0. The van der Waals surface area contributed by atoms with Crippen molar-refractivity contribution in [2.45, 2.75) is 58.8 Å². The van der Waals surface area contributed by atoms with Gasteiger partial charge >= 0.3 is 0 Å². The number of likely N-dealkylation sites (tertiary alicyclic amines) is 1. The number of amides is 1. The van der Waals surface area contributed by atoms with Gasteiger partial charge in [0.1, 0.15) is 0 Å². The fourth-order valence-electron chi connectivity index (χ4n) is 4.75. The molecule has 0 spiro atoms. The van der Waals surface area contributed by atoms with Crippen molar-refractivity contribution in [3.8, 4) is 0 Å². The van der Waals surface area contributed by atoms with Gasteiger partial charge in [0.25, 0.3) is 5.91 Å². The Morgan fingerprint density at radius 2 is 2.07 bits per heavy atom. The van der Waals surface area contributed by atoms with Gasteiger partial charge < -0.3 is 10.0 Å². The highest BCUT2D eigenvalue weighted by atomic mass is 16.3. The van der Waals surface area contributed by atoms with Gasteiger partial charge in [0, 0.05) is 35.5 Å². The van der Waals surface area contributed by atoms with Crippen molar-refractivity contribution in [2.24, 2.45) is 5.41 Å². The van der Waals surface area contributed by atoms with Crippen LogP contribution in [-0.4, -0.2) is 40.6 Å². The molecular weight excluding hydrogens is 336 g/mol. The number of carbonyl (C=O) groups excluding carboxylic acids is 1. The van der Waals surface area contributed by atoms with Gasteiger partial charge in [-0.2, -0.15) is 0 Å². The van der Waals surface area contributed by atoms with Gasteiger partial charge in [0.15, 0.2) is 0 Å². The van der Waals surface area contributed by atoms with Crippen LogP contribution in [-0.2, 0) is 0 Å². The second kappa shape index (κ2) is 6.90. The average Bonchev–Trinajstić information content (AvgIpc) is 3.41. The second-order valence-electron chi connectivity index (χ2n) is 8.73. The third-order valence-electron chi connectivity index (χ3n) is 6.34. The molecule has 1 amide bonds. The van der Waals surface area contributed by atoms with Crippen LogP contribution in [0.25, 0.3) is 10.9 Å². The molecule has 2 fully saturated rings. The lowest BCUT2D eigenvalue weighted by Gasteiger charge is -2.27. The Kier molecular flexibility index (Phi) is 4.71. The van der Waals surface area contributed by atoms with Crippen LogP contribution in [0.15, 0.2) is 18.2 Å². The van der Waals surface area contributed by atoms with E-state index in [4.69, 9.17) is 4.98 Å². The number of aliphatic hydroxyl groups is 1. The van der Waals surface area contributed by atoms with E-state index in [1.54, 1.807) is 0 Å². The molecule has 0 radical (unpaired) electrons. The molecule has 27 heavy (non-hydrogen) atoms. The average molecular weight is 367 g/mol. The minimum atomic E-state index is -0.127. The number of aromatic nitrogens is 1. The second-order valence-corrected chi connectivity index (χ2v) is 8.73. The summed E-state index contributed by atoms with van der Waals surface area (Å²) in [6.07, 6.45) is 5.23. The maximum atomic E-state index is 13.5. The van der Waals surface area contributed by atoms with E-state index in [1.807, 2.05) is 11.0 Å². The van der Waals surface area contributed by atoms with Crippen molar-refractivity contribution in [1.29, 1.82) is 0 Å². The van der Waals surface area contributed by atoms with Gasteiger partial charge in [-0.1, -0.05) is 19.4 Å². The first-order valence-electron chi connectivity index (χ1n) is 10.3. The zero-order chi connectivity index (χ0) is 19.2. The predicted octanol–water partition coefficient (Wildman–Crippen LogP) is 4.35. The molecule has 144 valence electrons. The van der Waals surface area contributed by atoms with Gasteiger partial charge in [0.2, 0.25) is 0 Å². The van der Waals surface area contributed by atoms with E-state index in [0.29, 0.717) is 12.5 Å². The number of aryl methyl sites for hydroxylation is 2. The number of hydrogen-bond donors (Lipinski definition) is 1. The van der Waals surface area contributed by atoms with Gasteiger partial charge in [0.05, 0.1) is 17.7 Å². The number of carbonyl (C=O) groups is 1. The fraction of sp³-hybridized carbons (Fsp3) is 0.565. The molecule has 0 bridgehead atoms. The van der Waals surface area contributed by atoms with Crippen molar-refractivity contribution in [1.82, 2.24) is 9.88 Å². The molecule has 1 atom stereocenters. The summed E-state index contributed by atoms with van der Waals surface area (Å²) in [5.41, 5.74) is 4.98. The summed E-state index contributed by atoms with van der Waals surface area (Å²) in [5, 5.41) is 10.9. The molecule has 1 saturated heterocycles. The summed E-state index contributed by atoms with van der Waals surface area (Å²) in [6, 6.07) is 6.28. The van der Waals surface area contributed by atoms with Crippen molar-refractivity contribution in [3.63, 3.8) is 0 Å². The van der Waals surface area contributed by atoms with Crippen LogP contribution in [0, 0.1) is 19.3 Å². The Bertz CT molecular complexity index is 888. The van der Waals surface area contributed by atoms with Gasteiger partial charge in [-0.3, -0.25) is 9.78 Å². The van der Waals surface area contributed by atoms with Crippen LogP contribution in [0.1, 0.15) is 72.1 Å². The molecule has 4 nitrogen and oxygen atoms in total. The highest BCUT2D eigenvalue weighted by molar-refractivity contribution is 6.07. The number of aliphatic hydroxyl groups excluding tert-OH is 1. The van der Waals surface area contributed by atoms with Crippen LogP contribution < -0.4 is 0 Å². The molecular formula is C23H30N2O2. The molecule has 1 N–H and O–H groups in total. The highest BCUT2D eigenvalue weighted by Crippen LogP contribution is 2.41. The molecule has 2 heterocycles. The number of rotatable bonds is 5. The topological polar surface area (TPSA) is 53.4 Å². The van der Waals surface area contributed by atoms with E-state index >= 15 is 0 Å². The molecule has 1 aliphatic carbocycles. The maximum absolute atomic E-state index is 13.5. The first-order chi connectivity index (χ1) is 13.0. The number of benzene rings is 1. The summed E-state index contributed by atoms with van der Waals surface area (Å²) in [4.78, 5) is 20.4. The SMILES string of the molecule is CCCC1(CO)CCN(C(=O)c2cc(C3CC3)nc3cc(C)cc(C)c23)C1. The van der Waals surface area contributed by atoms with Crippen molar-refractivity contribution in [3.05, 3.63) is 40.6 Å². The number of nitrogens with zero attached hydrogens (tertiary/aromatic N) is 2. The van der Waals surface area contributed by atoms with Crippen LogP contribution in [0.2, 0.25) is 0 Å². The molecule has 2 aliphatic rings. The quantitative estimate of drug-likeness (QED) is 0.856. The lowest BCUT2D eigenvalue weighted by Crippen LogP contribution is -2.34. The molecule has 1 aromatic heterocycles. The van der Waals surface area contributed by atoms with E-state index in [0.717, 1.165) is 53.5 Å². The van der Waals surface area contributed by atoms with E-state index in [1.165, 1.54) is 18.4 Å². The lowest BCUT2D eigenvalue weighted by molar-refractivity contribution is 0.0731. The van der Waals surface area contributed by atoms with E-state index in [-0.39, 0.29) is 17.9 Å². The number of pyridine rings is 1. The molecule has 2 aromatic rings. The zero-order valence-corrected chi connectivity index (χ0v) is 16.7. The molecule has 1 saturated carbocycles. The van der Waals surface area contributed by atoms with Gasteiger partial charge in [-0.05, 0) is 62.8 Å². The Hall–Kier alpha value is -1.94. The Morgan fingerprint density at radius 1 is 1.30 bits per heavy atom. The Morgan fingerprint density at radius 3 is 2.74 bits per heavy atom. The summed E-state index contributed by atoms with van der Waals surface area (Å²) in [5.74, 6) is 0.611. The smallest absolute Gasteiger partial charge is 0.254 e. The van der Waals surface area contributed by atoms with E-state index < -0.39 is 0 Å². The number of hydrogen-bond acceptors (Lipinski definition) is 3. The third-order valence-corrected chi connectivity index (χ3v) is 6.34. The van der Waals surface area contributed by atoms with Crippen LogP contribution in [0.5, 0.6) is 0 Å². The van der Waals surface area contributed by atoms with Crippen molar-refractivity contribution in [2.75, 3.05) is 19.7 Å². The van der Waals surface area contributed by atoms with Crippen molar-refractivity contribution >= 4 is 16.8 Å². The summed E-state index contributed by atoms with van der Waals surface area (Å²) in [7, 11) is 0. The largest absolute Gasteiger partial charge is 0.396 e. The van der Waals surface area contributed by atoms with Crippen LogP contribution in [0.3, 0.4) is 0 Å². The normalized spacial score (nSPS) is 22.6. The first-order valence-corrected chi connectivity index (χ1v) is 10.3.